The number of rotatable bonds is 3. The fraction of sp³-hybridized carbons (Fsp3) is 0.316. The third kappa shape index (κ3) is 3.12. The van der Waals surface area contributed by atoms with Crippen molar-refractivity contribution in [3.05, 3.63) is 53.9 Å². The van der Waals surface area contributed by atoms with Crippen LogP contribution >= 0.6 is 11.6 Å². The highest BCUT2D eigenvalue weighted by molar-refractivity contribution is 6.30. The lowest BCUT2D eigenvalue weighted by molar-refractivity contribution is -0.134. The Morgan fingerprint density at radius 2 is 1.85 bits per heavy atom. The smallest absolute Gasteiger partial charge is 0.245 e. The van der Waals surface area contributed by atoms with Crippen molar-refractivity contribution in [2.24, 2.45) is 0 Å². The number of carbonyl (C=O) groups is 1. The molecule has 0 unspecified atom stereocenters. The zero-order chi connectivity index (χ0) is 18.1. The van der Waals surface area contributed by atoms with Gasteiger partial charge in [0.2, 0.25) is 5.91 Å². The highest BCUT2D eigenvalue weighted by Gasteiger charge is 2.27. The minimum atomic E-state index is -0.275. The summed E-state index contributed by atoms with van der Waals surface area (Å²) < 4.78 is 1.95. The van der Waals surface area contributed by atoms with Crippen LogP contribution in [0.4, 0.5) is 5.82 Å². The van der Waals surface area contributed by atoms with Gasteiger partial charge in [0.15, 0.2) is 0 Å². The maximum atomic E-state index is 13.0. The van der Waals surface area contributed by atoms with Crippen LogP contribution in [0.1, 0.15) is 13.0 Å². The van der Waals surface area contributed by atoms with E-state index in [1.165, 1.54) is 0 Å². The number of fused-ring (bicyclic) bond motifs is 1. The zero-order valence-corrected chi connectivity index (χ0v) is 15.3. The van der Waals surface area contributed by atoms with E-state index in [1.54, 1.807) is 12.5 Å². The zero-order valence-electron chi connectivity index (χ0n) is 14.5. The number of piperazine rings is 1. The molecule has 4 rings (SSSR count). The molecular weight excluding hydrogens is 350 g/mol. The van der Waals surface area contributed by atoms with E-state index in [4.69, 9.17) is 11.6 Å². The Morgan fingerprint density at radius 3 is 2.58 bits per heavy atom. The van der Waals surface area contributed by atoms with E-state index in [0.29, 0.717) is 18.1 Å². The van der Waals surface area contributed by atoms with Gasteiger partial charge in [-0.15, -0.1) is 0 Å². The maximum Gasteiger partial charge on any atom is 0.245 e. The van der Waals surface area contributed by atoms with Gasteiger partial charge in [-0.3, -0.25) is 4.79 Å². The van der Waals surface area contributed by atoms with Gasteiger partial charge in [-0.05, 0) is 31.2 Å². The highest BCUT2D eigenvalue weighted by Crippen LogP contribution is 2.21. The van der Waals surface area contributed by atoms with Crippen LogP contribution in [0.15, 0.2) is 48.9 Å². The third-order valence-corrected chi connectivity index (χ3v) is 5.11. The fourth-order valence-electron chi connectivity index (χ4n) is 3.38. The van der Waals surface area contributed by atoms with Gasteiger partial charge in [-0.1, -0.05) is 23.7 Å². The van der Waals surface area contributed by atoms with Crippen molar-refractivity contribution >= 4 is 34.4 Å². The second-order valence-corrected chi connectivity index (χ2v) is 6.90. The molecule has 1 saturated heterocycles. The third-order valence-electron chi connectivity index (χ3n) is 4.88. The molecule has 3 heterocycles. The quantitative estimate of drug-likeness (QED) is 0.712. The highest BCUT2D eigenvalue weighted by atomic mass is 35.5. The molecule has 26 heavy (non-hydrogen) atoms. The molecule has 0 aliphatic carbocycles. The molecular formula is C19H20ClN5O. The first-order valence-electron chi connectivity index (χ1n) is 8.70. The van der Waals surface area contributed by atoms with E-state index >= 15 is 0 Å². The molecule has 0 saturated carbocycles. The van der Waals surface area contributed by atoms with Gasteiger partial charge in [0, 0.05) is 32.4 Å². The lowest BCUT2D eigenvalue weighted by Gasteiger charge is -2.36. The number of pyridine rings is 1. The fourth-order valence-corrected chi connectivity index (χ4v) is 3.49. The number of anilines is 1. The number of nitrogens with zero attached hydrogens (tertiary/aromatic N) is 5. The monoisotopic (exact) mass is 369 g/mol. The van der Waals surface area contributed by atoms with Gasteiger partial charge in [0.05, 0.1) is 22.4 Å². The molecule has 3 aromatic rings. The summed E-state index contributed by atoms with van der Waals surface area (Å²) >= 11 is 5.90. The summed E-state index contributed by atoms with van der Waals surface area (Å²) in [4.78, 5) is 25.8. The summed E-state index contributed by atoms with van der Waals surface area (Å²) in [7, 11) is 0. The summed E-state index contributed by atoms with van der Waals surface area (Å²) in [6.45, 7) is 4.82. The number of amides is 1. The number of benzene rings is 1. The van der Waals surface area contributed by atoms with E-state index < -0.39 is 0 Å². The minimum absolute atomic E-state index is 0.122. The normalized spacial score (nSPS) is 16.1. The predicted octanol–water partition coefficient (Wildman–Crippen LogP) is 2.99. The van der Waals surface area contributed by atoms with Gasteiger partial charge >= 0.3 is 0 Å². The minimum Gasteiger partial charge on any atom is -0.353 e. The SMILES string of the molecule is C[C@@H](C(=O)N1CCN(c2ccc(Cl)cn2)CC1)n1cnc2ccccc21. The standard InChI is InChI=1S/C19H20ClN5O/c1-14(25-13-22-16-4-2-3-5-17(16)25)19(26)24-10-8-23(9-11-24)18-7-6-15(20)12-21-18/h2-7,12-14H,8-11H2,1H3/t14-/m0/s1. The average Bonchev–Trinajstić information content (AvgIpc) is 3.12. The predicted molar refractivity (Wildman–Crippen MR) is 102 cm³/mol. The summed E-state index contributed by atoms with van der Waals surface area (Å²) in [6.07, 6.45) is 3.40. The van der Waals surface area contributed by atoms with Crippen LogP contribution < -0.4 is 4.90 Å². The lowest BCUT2D eigenvalue weighted by Crippen LogP contribution is -2.50. The molecule has 6 nitrogen and oxygen atoms in total. The van der Waals surface area contributed by atoms with Gasteiger partial charge in [-0.25, -0.2) is 9.97 Å². The average molecular weight is 370 g/mol. The van der Waals surface area contributed by atoms with E-state index in [9.17, 15) is 4.79 Å². The second-order valence-electron chi connectivity index (χ2n) is 6.46. The van der Waals surface area contributed by atoms with E-state index in [-0.39, 0.29) is 11.9 Å². The lowest BCUT2D eigenvalue weighted by atomic mass is 10.2. The van der Waals surface area contributed by atoms with Crippen molar-refractivity contribution in [3.63, 3.8) is 0 Å². The Hall–Kier alpha value is -2.60. The van der Waals surface area contributed by atoms with Crippen molar-refractivity contribution in [2.75, 3.05) is 31.1 Å². The Morgan fingerprint density at radius 1 is 1.08 bits per heavy atom. The number of carbonyl (C=O) groups excluding carboxylic acids is 1. The van der Waals surface area contributed by atoms with Crippen LogP contribution in [-0.4, -0.2) is 51.5 Å². The van der Waals surface area contributed by atoms with Crippen molar-refractivity contribution in [1.82, 2.24) is 19.4 Å². The molecule has 1 atom stereocenters. The Balaban J connectivity index is 1.44. The number of aromatic nitrogens is 3. The first-order valence-corrected chi connectivity index (χ1v) is 9.08. The molecule has 0 radical (unpaired) electrons. The first-order chi connectivity index (χ1) is 12.6. The van der Waals surface area contributed by atoms with E-state index in [2.05, 4.69) is 14.9 Å². The molecule has 0 bridgehead atoms. The number of halogens is 1. The topological polar surface area (TPSA) is 54.3 Å². The molecule has 0 spiro atoms. The van der Waals surface area contributed by atoms with Crippen LogP contribution in [0.2, 0.25) is 5.02 Å². The molecule has 0 N–H and O–H groups in total. The number of hydrogen-bond donors (Lipinski definition) is 0. The summed E-state index contributed by atoms with van der Waals surface area (Å²) in [5.74, 6) is 1.02. The molecule has 1 amide bonds. The second kappa shape index (κ2) is 6.96. The van der Waals surface area contributed by atoms with Crippen molar-refractivity contribution in [3.8, 4) is 0 Å². The van der Waals surface area contributed by atoms with Crippen LogP contribution in [0, 0.1) is 0 Å². The van der Waals surface area contributed by atoms with Crippen molar-refractivity contribution < 1.29 is 4.79 Å². The largest absolute Gasteiger partial charge is 0.353 e. The molecule has 1 fully saturated rings. The maximum absolute atomic E-state index is 13.0. The Labute approximate surface area is 157 Å². The number of hydrogen-bond acceptors (Lipinski definition) is 4. The molecule has 1 aliphatic rings. The number of imidazole rings is 1. The van der Waals surface area contributed by atoms with Gasteiger partial charge < -0.3 is 14.4 Å². The Kier molecular flexibility index (Phi) is 4.51. The molecule has 7 heteroatoms. The van der Waals surface area contributed by atoms with E-state index in [1.807, 2.05) is 52.8 Å². The molecule has 1 aliphatic heterocycles. The van der Waals surface area contributed by atoms with Crippen LogP contribution in [0.25, 0.3) is 11.0 Å². The Bertz CT molecular complexity index is 915. The van der Waals surface area contributed by atoms with Crippen LogP contribution in [0.5, 0.6) is 0 Å². The van der Waals surface area contributed by atoms with Gasteiger partial charge in [-0.2, -0.15) is 0 Å². The molecule has 2 aromatic heterocycles. The van der Waals surface area contributed by atoms with Crippen molar-refractivity contribution in [2.45, 2.75) is 13.0 Å². The molecule has 1 aromatic carbocycles. The van der Waals surface area contributed by atoms with Gasteiger partial charge in [0.1, 0.15) is 11.9 Å². The van der Waals surface area contributed by atoms with Gasteiger partial charge in [0.25, 0.3) is 0 Å². The van der Waals surface area contributed by atoms with Crippen molar-refractivity contribution in [1.29, 1.82) is 0 Å². The van der Waals surface area contributed by atoms with Crippen LogP contribution in [0.3, 0.4) is 0 Å². The summed E-state index contributed by atoms with van der Waals surface area (Å²) in [6, 6.07) is 11.4. The summed E-state index contributed by atoms with van der Waals surface area (Å²) in [5, 5.41) is 0.629. The summed E-state index contributed by atoms with van der Waals surface area (Å²) in [5.41, 5.74) is 1.89. The van der Waals surface area contributed by atoms with Crippen LogP contribution in [-0.2, 0) is 4.79 Å². The first kappa shape index (κ1) is 16.8. The molecule has 134 valence electrons. The number of para-hydroxylation sites is 2. The van der Waals surface area contributed by atoms with E-state index in [0.717, 1.165) is 29.9 Å².